The van der Waals surface area contributed by atoms with Crippen molar-refractivity contribution in [2.75, 3.05) is 12.5 Å². The van der Waals surface area contributed by atoms with Crippen LogP contribution < -0.4 is 11.1 Å². The van der Waals surface area contributed by atoms with Crippen LogP contribution >= 0.6 is 0 Å². The molecule has 1 aromatic carbocycles. The Morgan fingerprint density at radius 3 is 2.50 bits per heavy atom. The topological polar surface area (TPSA) is 75.4 Å². The molecule has 0 saturated heterocycles. The van der Waals surface area contributed by atoms with Gasteiger partial charge in [0.2, 0.25) is 0 Å². The van der Waals surface area contributed by atoms with E-state index in [0.717, 1.165) is 0 Å². The lowest BCUT2D eigenvalue weighted by molar-refractivity contribution is 0.0910. The molecule has 1 rings (SSSR count). The lowest BCUT2D eigenvalue weighted by Crippen LogP contribution is -2.23. The minimum Gasteiger partial charge on any atom is -0.399 e. The summed E-state index contributed by atoms with van der Waals surface area (Å²) in [6, 6.07) is 6.46. The molecule has 1 aromatic rings. The Balaban J connectivity index is 2.75. The number of nitrogen functional groups attached to an aromatic ring is 1. The van der Waals surface area contributed by atoms with E-state index < -0.39 is 0 Å². The van der Waals surface area contributed by atoms with Crippen LogP contribution in [0.15, 0.2) is 24.3 Å². The Labute approximate surface area is 70.0 Å². The average Bonchev–Trinajstić information content (AvgIpc) is 2.06. The molecule has 4 N–H and O–H groups in total. The summed E-state index contributed by atoms with van der Waals surface area (Å²) in [6.45, 7) is -0.358. The van der Waals surface area contributed by atoms with Crippen molar-refractivity contribution in [3.8, 4) is 0 Å². The highest BCUT2D eigenvalue weighted by Gasteiger charge is 2.01. The molecule has 0 fully saturated rings. The molecule has 4 heteroatoms. The van der Waals surface area contributed by atoms with Crippen molar-refractivity contribution in [2.45, 2.75) is 0 Å². The van der Waals surface area contributed by atoms with Crippen LogP contribution in [-0.2, 0) is 0 Å². The normalized spacial score (nSPS) is 9.42. The summed E-state index contributed by atoms with van der Waals surface area (Å²) >= 11 is 0. The molecule has 0 atom stereocenters. The summed E-state index contributed by atoms with van der Waals surface area (Å²) in [4.78, 5) is 11.0. The van der Waals surface area contributed by atoms with E-state index in [1.165, 1.54) is 0 Å². The fourth-order valence-corrected chi connectivity index (χ4v) is 0.808. The molecule has 1 amide bonds. The van der Waals surface area contributed by atoms with E-state index in [1.807, 2.05) is 0 Å². The van der Waals surface area contributed by atoms with Crippen LogP contribution in [0.2, 0.25) is 0 Å². The molecule has 0 aliphatic heterocycles. The first kappa shape index (κ1) is 8.55. The fraction of sp³-hybridized carbons (Fsp3) is 0.125. The number of aliphatic hydroxyl groups excluding tert-OH is 1. The number of aliphatic hydroxyl groups is 1. The fourth-order valence-electron chi connectivity index (χ4n) is 0.808. The molecule has 0 aliphatic rings. The van der Waals surface area contributed by atoms with Gasteiger partial charge < -0.3 is 16.2 Å². The largest absolute Gasteiger partial charge is 0.399 e. The van der Waals surface area contributed by atoms with Gasteiger partial charge in [-0.25, -0.2) is 0 Å². The number of amides is 1. The van der Waals surface area contributed by atoms with E-state index in [1.54, 1.807) is 24.3 Å². The number of anilines is 1. The van der Waals surface area contributed by atoms with Crippen LogP contribution in [-0.4, -0.2) is 17.7 Å². The molecule has 0 radical (unpaired) electrons. The third-order valence-electron chi connectivity index (χ3n) is 1.41. The van der Waals surface area contributed by atoms with Gasteiger partial charge in [0.1, 0.15) is 6.73 Å². The van der Waals surface area contributed by atoms with Crippen molar-refractivity contribution in [1.29, 1.82) is 0 Å². The number of hydrogen-bond acceptors (Lipinski definition) is 3. The molecular weight excluding hydrogens is 156 g/mol. The molecule has 4 nitrogen and oxygen atoms in total. The van der Waals surface area contributed by atoms with E-state index in [0.29, 0.717) is 11.3 Å². The van der Waals surface area contributed by atoms with Crippen LogP contribution in [0.3, 0.4) is 0 Å². The van der Waals surface area contributed by atoms with Crippen LogP contribution in [0.4, 0.5) is 5.69 Å². The van der Waals surface area contributed by atoms with Gasteiger partial charge in [0.15, 0.2) is 0 Å². The minimum absolute atomic E-state index is 0.308. The zero-order chi connectivity index (χ0) is 8.97. The minimum atomic E-state index is -0.358. The van der Waals surface area contributed by atoms with Gasteiger partial charge in [0.05, 0.1) is 0 Å². The number of benzene rings is 1. The van der Waals surface area contributed by atoms with Crippen molar-refractivity contribution < 1.29 is 9.90 Å². The average molecular weight is 166 g/mol. The Morgan fingerprint density at radius 2 is 2.00 bits per heavy atom. The summed E-state index contributed by atoms with van der Waals surface area (Å²) in [7, 11) is 0. The van der Waals surface area contributed by atoms with Crippen molar-refractivity contribution in [3.05, 3.63) is 29.8 Å². The maximum atomic E-state index is 11.0. The van der Waals surface area contributed by atoms with Crippen molar-refractivity contribution in [1.82, 2.24) is 5.32 Å². The van der Waals surface area contributed by atoms with Crippen LogP contribution in [0.25, 0.3) is 0 Å². The molecule has 0 aliphatic carbocycles. The maximum absolute atomic E-state index is 11.0. The smallest absolute Gasteiger partial charge is 0.253 e. The third kappa shape index (κ3) is 1.96. The van der Waals surface area contributed by atoms with E-state index >= 15 is 0 Å². The second-order valence-electron chi connectivity index (χ2n) is 2.29. The third-order valence-corrected chi connectivity index (χ3v) is 1.41. The molecule has 0 saturated carbocycles. The number of carbonyl (C=O) groups is 1. The summed E-state index contributed by atoms with van der Waals surface area (Å²) in [5, 5.41) is 10.7. The Kier molecular flexibility index (Phi) is 2.66. The van der Waals surface area contributed by atoms with Crippen LogP contribution in [0.1, 0.15) is 10.4 Å². The standard InChI is InChI=1S/C8H10N2O2/c9-7-3-1-6(2-4-7)8(12)10-5-11/h1-4,11H,5,9H2,(H,10,12). The van der Waals surface area contributed by atoms with Crippen molar-refractivity contribution >= 4 is 11.6 Å². The molecule has 0 spiro atoms. The van der Waals surface area contributed by atoms with Gasteiger partial charge in [-0.05, 0) is 24.3 Å². The second-order valence-corrected chi connectivity index (χ2v) is 2.29. The lowest BCUT2D eigenvalue weighted by atomic mass is 10.2. The highest BCUT2D eigenvalue weighted by Crippen LogP contribution is 2.04. The van der Waals surface area contributed by atoms with E-state index in [9.17, 15) is 4.79 Å². The number of nitrogens with two attached hydrogens (primary N) is 1. The van der Waals surface area contributed by atoms with Gasteiger partial charge >= 0.3 is 0 Å². The van der Waals surface area contributed by atoms with Crippen molar-refractivity contribution in [3.63, 3.8) is 0 Å². The first-order chi connectivity index (χ1) is 5.74. The lowest BCUT2D eigenvalue weighted by Gasteiger charge is -2.00. The van der Waals surface area contributed by atoms with Gasteiger partial charge in [0.25, 0.3) is 5.91 Å². The Bertz CT molecular complexity index is 269. The molecule has 64 valence electrons. The predicted molar refractivity (Wildman–Crippen MR) is 45.4 cm³/mol. The summed E-state index contributed by atoms with van der Waals surface area (Å²) in [5.41, 5.74) is 6.51. The summed E-state index contributed by atoms with van der Waals surface area (Å²) in [6.07, 6.45) is 0. The zero-order valence-electron chi connectivity index (χ0n) is 6.45. The quantitative estimate of drug-likeness (QED) is 0.426. The highest BCUT2D eigenvalue weighted by atomic mass is 16.3. The highest BCUT2D eigenvalue weighted by molar-refractivity contribution is 5.94. The number of carbonyl (C=O) groups excluding carboxylic acids is 1. The number of nitrogens with one attached hydrogen (secondary N) is 1. The second kappa shape index (κ2) is 3.73. The monoisotopic (exact) mass is 166 g/mol. The maximum Gasteiger partial charge on any atom is 0.253 e. The van der Waals surface area contributed by atoms with Crippen LogP contribution in [0, 0.1) is 0 Å². The van der Waals surface area contributed by atoms with Gasteiger partial charge in [-0.15, -0.1) is 0 Å². The zero-order valence-corrected chi connectivity index (χ0v) is 6.45. The molecule has 0 heterocycles. The van der Waals surface area contributed by atoms with Crippen molar-refractivity contribution in [2.24, 2.45) is 0 Å². The number of rotatable bonds is 2. The van der Waals surface area contributed by atoms with Gasteiger partial charge in [-0.2, -0.15) is 0 Å². The van der Waals surface area contributed by atoms with E-state index in [2.05, 4.69) is 5.32 Å². The molecule has 0 bridgehead atoms. The molecule has 0 aromatic heterocycles. The number of hydrogen-bond donors (Lipinski definition) is 3. The van der Waals surface area contributed by atoms with Gasteiger partial charge in [-0.3, -0.25) is 4.79 Å². The molecule has 12 heavy (non-hydrogen) atoms. The summed E-state index contributed by atoms with van der Waals surface area (Å²) < 4.78 is 0. The van der Waals surface area contributed by atoms with Gasteiger partial charge in [-0.1, -0.05) is 0 Å². The van der Waals surface area contributed by atoms with E-state index in [4.69, 9.17) is 10.8 Å². The van der Waals surface area contributed by atoms with Crippen LogP contribution in [0.5, 0.6) is 0 Å². The Morgan fingerprint density at radius 1 is 1.42 bits per heavy atom. The summed E-state index contributed by atoms with van der Waals surface area (Å²) in [5.74, 6) is -0.308. The first-order valence-corrected chi connectivity index (χ1v) is 3.48. The Hall–Kier alpha value is -1.55. The molecule has 0 unspecified atom stereocenters. The molecular formula is C8H10N2O2. The SMILES string of the molecule is Nc1ccc(C(=O)NCO)cc1. The van der Waals surface area contributed by atoms with E-state index in [-0.39, 0.29) is 12.6 Å². The van der Waals surface area contributed by atoms with Gasteiger partial charge in [0, 0.05) is 11.3 Å². The first-order valence-electron chi connectivity index (χ1n) is 3.48. The predicted octanol–water partition coefficient (Wildman–Crippen LogP) is -0.0516.